The van der Waals surface area contributed by atoms with Gasteiger partial charge in [-0.1, -0.05) is 6.92 Å². The fourth-order valence-corrected chi connectivity index (χ4v) is 1.69. The van der Waals surface area contributed by atoms with Crippen LogP contribution < -0.4 is 14.8 Å². The highest BCUT2D eigenvalue weighted by molar-refractivity contribution is 6.01. The van der Waals surface area contributed by atoms with Gasteiger partial charge in [0, 0.05) is 12.1 Å². The standard InChI is InChI=1S/C13H18N2O5/c1-5-8(2)14-13(16)11-10(19-3)7-6-9(15(17)18)12(11)20-4/h6-8H,5H2,1-4H3,(H,14,16)/t8-/m0/s1. The van der Waals surface area contributed by atoms with Gasteiger partial charge in [0.2, 0.25) is 5.75 Å². The van der Waals surface area contributed by atoms with Crippen LogP contribution >= 0.6 is 0 Å². The Hall–Kier alpha value is -2.31. The molecule has 0 aliphatic carbocycles. The van der Waals surface area contributed by atoms with Crippen LogP contribution in [-0.4, -0.2) is 31.1 Å². The third-order valence-corrected chi connectivity index (χ3v) is 2.94. The van der Waals surface area contributed by atoms with Crippen molar-refractivity contribution in [1.29, 1.82) is 0 Å². The normalized spacial score (nSPS) is 11.6. The van der Waals surface area contributed by atoms with Crippen LogP contribution in [0.2, 0.25) is 0 Å². The Kier molecular flexibility index (Phi) is 5.31. The smallest absolute Gasteiger partial charge is 0.312 e. The molecule has 0 radical (unpaired) electrons. The van der Waals surface area contributed by atoms with E-state index >= 15 is 0 Å². The molecule has 0 saturated carbocycles. The van der Waals surface area contributed by atoms with Crippen molar-refractivity contribution < 1.29 is 19.2 Å². The van der Waals surface area contributed by atoms with E-state index in [0.717, 1.165) is 6.42 Å². The number of nitro groups is 1. The summed E-state index contributed by atoms with van der Waals surface area (Å²) in [5.74, 6) is -0.333. The second-order valence-electron chi connectivity index (χ2n) is 4.24. The van der Waals surface area contributed by atoms with Crippen molar-refractivity contribution in [3.63, 3.8) is 0 Å². The molecule has 0 aliphatic heterocycles. The molecule has 20 heavy (non-hydrogen) atoms. The van der Waals surface area contributed by atoms with E-state index in [2.05, 4.69) is 5.32 Å². The number of ether oxygens (including phenoxy) is 2. The van der Waals surface area contributed by atoms with Crippen LogP contribution in [0.1, 0.15) is 30.6 Å². The number of rotatable bonds is 6. The van der Waals surface area contributed by atoms with Gasteiger partial charge >= 0.3 is 5.69 Å². The number of methoxy groups -OCH3 is 2. The van der Waals surface area contributed by atoms with Crippen LogP contribution in [-0.2, 0) is 0 Å². The average Bonchev–Trinajstić information content (AvgIpc) is 2.44. The predicted octanol–water partition coefficient (Wildman–Crippen LogP) is 2.14. The largest absolute Gasteiger partial charge is 0.496 e. The van der Waals surface area contributed by atoms with Crippen LogP contribution in [0, 0.1) is 10.1 Å². The van der Waals surface area contributed by atoms with Crippen molar-refractivity contribution >= 4 is 11.6 Å². The molecule has 7 heteroatoms. The van der Waals surface area contributed by atoms with Gasteiger partial charge in [-0.2, -0.15) is 0 Å². The highest BCUT2D eigenvalue weighted by Crippen LogP contribution is 2.37. The van der Waals surface area contributed by atoms with Gasteiger partial charge in [-0.3, -0.25) is 14.9 Å². The molecule has 1 N–H and O–H groups in total. The molecule has 0 heterocycles. The fraction of sp³-hybridized carbons (Fsp3) is 0.462. The molecule has 0 spiro atoms. The van der Waals surface area contributed by atoms with Crippen LogP contribution in [0.15, 0.2) is 12.1 Å². The summed E-state index contributed by atoms with van der Waals surface area (Å²) in [6.07, 6.45) is 0.741. The van der Waals surface area contributed by atoms with Gasteiger partial charge in [0.25, 0.3) is 5.91 Å². The van der Waals surface area contributed by atoms with Crippen molar-refractivity contribution in [2.24, 2.45) is 0 Å². The Morgan fingerprint density at radius 1 is 1.40 bits per heavy atom. The van der Waals surface area contributed by atoms with E-state index in [-0.39, 0.29) is 28.8 Å². The summed E-state index contributed by atoms with van der Waals surface area (Å²) < 4.78 is 10.1. The van der Waals surface area contributed by atoms with Gasteiger partial charge in [-0.25, -0.2) is 0 Å². The lowest BCUT2D eigenvalue weighted by Crippen LogP contribution is -2.32. The fourth-order valence-electron chi connectivity index (χ4n) is 1.69. The molecule has 0 aromatic heterocycles. The lowest BCUT2D eigenvalue weighted by Gasteiger charge is -2.16. The maximum Gasteiger partial charge on any atom is 0.312 e. The molecule has 1 aromatic rings. The zero-order chi connectivity index (χ0) is 15.3. The quantitative estimate of drug-likeness (QED) is 0.637. The first kappa shape index (κ1) is 15.7. The minimum absolute atomic E-state index is 0.0319. The minimum atomic E-state index is -0.599. The SMILES string of the molecule is CC[C@H](C)NC(=O)c1c(OC)ccc([N+](=O)[O-])c1OC. The summed E-state index contributed by atoms with van der Waals surface area (Å²) in [6.45, 7) is 3.76. The minimum Gasteiger partial charge on any atom is -0.496 e. The van der Waals surface area contributed by atoms with Gasteiger partial charge in [0.15, 0.2) is 0 Å². The summed E-state index contributed by atoms with van der Waals surface area (Å²) in [5, 5.41) is 13.7. The highest BCUT2D eigenvalue weighted by atomic mass is 16.6. The summed E-state index contributed by atoms with van der Waals surface area (Å²) >= 11 is 0. The third kappa shape index (κ3) is 3.17. The van der Waals surface area contributed by atoms with Crippen LogP contribution in [0.4, 0.5) is 5.69 Å². The lowest BCUT2D eigenvalue weighted by molar-refractivity contribution is -0.385. The second-order valence-corrected chi connectivity index (χ2v) is 4.24. The van der Waals surface area contributed by atoms with Gasteiger partial charge in [-0.15, -0.1) is 0 Å². The topological polar surface area (TPSA) is 90.7 Å². The highest BCUT2D eigenvalue weighted by Gasteiger charge is 2.27. The number of nitrogens with one attached hydrogen (secondary N) is 1. The molecule has 0 saturated heterocycles. The third-order valence-electron chi connectivity index (χ3n) is 2.94. The summed E-state index contributed by atoms with van der Waals surface area (Å²) in [6, 6.07) is 2.57. The van der Waals surface area contributed by atoms with Crippen molar-refractivity contribution in [1.82, 2.24) is 5.32 Å². The summed E-state index contributed by atoms with van der Waals surface area (Å²) in [7, 11) is 2.67. The molecule has 1 rings (SSSR count). The first-order valence-corrected chi connectivity index (χ1v) is 6.16. The zero-order valence-corrected chi connectivity index (χ0v) is 11.9. The zero-order valence-electron chi connectivity index (χ0n) is 11.9. The molecule has 7 nitrogen and oxygen atoms in total. The first-order valence-electron chi connectivity index (χ1n) is 6.16. The van der Waals surface area contributed by atoms with Gasteiger partial charge in [0.1, 0.15) is 11.3 Å². The monoisotopic (exact) mass is 282 g/mol. The second kappa shape index (κ2) is 6.74. The van der Waals surface area contributed by atoms with E-state index in [1.54, 1.807) is 0 Å². The Labute approximate surface area is 117 Å². The lowest BCUT2D eigenvalue weighted by atomic mass is 10.1. The molecule has 0 fully saturated rings. The van der Waals surface area contributed by atoms with Crippen LogP contribution in [0.25, 0.3) is 0 Å². The summed E-state index contributed by atoms with van der Waals surface area (Å²) in [5.41, 5.74) is -0.243. The molecule has 0 aliphatic rings. The van der Waals surface area contributed by atoms with Crippen molar-refractivity contribution in [3.05, 3.63) is 27.8 Å². The number of amides is 1. The number of hydrogen-bond acceptors (Lipinski definition) is 5. The molecule has 110 valence electrons. The average molecular weight is 282 g/mol. The molecule has 0 bridgehead atoms. The van der Waals surface area contributed by atoms with E-state index in [1.807, 2.05) is 13.8 Å². The van der Waals surface area contributed by atoms with Crippen molar-refractivity contribution in [3.8, 4) is 11.5 Å². The number of nitrogens with zero attached hydrogens (tertiary/aromatic N) is 1. The van der Waals surface area contributed by atoms with Crippen LogP contribution in [0.5, 0.6) is 11.5 Å². The molecular formula is C13H18N2O5. The Morgan fingerprint density at radius 2 is 2.05 bits per heavy atom. The van der Waals surface area contributed by atoms with E-state index in [4.69, 9.17) is 9.47 Å². The maximum atomic E-state index is 12.3. The van der Waals surface area contributed by atoms with Gasteiger partial charge in [0.05, 0.1) is 19.1 Å². The van der Waals surface area contributed by atoms with E-state index in [0.29, 0.717) is 0 Å². The number of hydrogen-bond donors (Lipinski definition) is 1. The van der Waals surface area contributed by atoms with Crippen molar-refractivity contribution in [2.75, 3.05) is 14.2 Å². The number of carbonyl (C=O) groups excluding carboxylic acids is 1. The van der Waals surface area contributed by atoms with Crippen LogP contribution in [0.3, 0.4) is 0 Å². The summed E-state index contributed by atoms with van der Waals surface area (Å²) in [4.78, 5) is 22.6. The van der Waals surface area contributed by atoms with E-state index < -0.39 is 10.8 Å². The van der Waals surface area contributed by atoms with Gasteiger partial charge < -0.3 is 14.8 Å². The Bertz CT molecular complexity index is 516. The molecule has 1 amide bonds. The molecule has 1 aromatic carbocycles. The van der Waals surface area contributed by atoms with E-state index in [9.17, 15) is 14.9 Å². The van der Waals surface area contributed by atoms with E-state index in [1.165, 1.54) is 26.4 Å². The predicted molar refractivity (Wildman–Crippen MR) is 73.4 cm³/mol. The Balaban J connectivity index is 3.36. The number of nitro benzene ring substituents is 1. The molecule has 1 atom stereocenters. The molecule has 0 unspecified atom stereocenters. The number of benzene rings is 1. The maximum absolute atomic E-state index is 12.3. The number of carbonyl (C=O) groups is 1. The molecular weight excluding hydrogens is 264 g/mol. The van der Waals surface area contributed by atoms with Gasteiger partial charge in [-0.05, 0) is 19.4 Å². The Morgan fingerprint density at radius 3 is 2.50 bits per heavy atom. The van der Waals surface area contributed by atoms with Crippen molar-refractivity contribution in [2.45, 2.75) is 26.3 Å². The first-order chi connectivity index (χ1) is 9.46.